The summed E-state index contributed by atoms with van der Waals surface area (Å²) in [7, 11) is 1.66. The Morgan fingerprint density at radius 1 is 1.62 bits per heavy atom. The molecule has 0 spiro atoms. The Morgan fingerprint density at radius 3 is 2.81 bits per heavy atom. The summed E-state index contributed by atoms with van der Waals surface area (Å²) in [6.45, 7) is 4.00. The Labute approximate surface area is 94.4 Å². The van der Waals surface area contributed by atoms with Crippen molar-refractivity contribution in [1.29, 1.82) is 0 Å². The fourth-order valence-corrected chi connectivity index (χ4v) is 1.53. The largest absolute Gasteiger partial charge is 0.481 e. The van der Waals surface area contributed by atoms with Crippen LogP contribution in [-0.4, -0.2) is 41.6 Å². The van der Waals surface area contributed by atoms with Crippen molar-refractivity contribution < 1.29 is 14.7 Å². The van der Waals surface area contributed by atoms with Crippen molar-refractivity contribution in [3.05, 3.63) is 24.8 Å². The molecule has 88 valence electrons. The predicted octanol–water partition coefficient (Wildman–Crippen LogP) is 0.843. The molecule has 0 aromatic rings. The number of nitrogens with zero attached hydrogens (tertiary/aromatic N) is 1. The zero-order valence-electron chi connectivity index (χ0n) is 9.22. The molecule has 0 bridgehead atoms. The number of carbonyl (C=O) groups is 2. The van der Waals surface area contributed by atoms with Gasteiger partial charge >= 0.3 is 12.0 Å². The minimum Gasteiger partial charge on any atom is -0.481 e. The molecule has 2 atom stereocenters. The normalized spacial score (nSPS) is 22.8. The van der Waals surface area contributed by atoms with Gasteiger partial charge in [-0.15, -0.1) is 6.58 Å². The van der Waals surface area contributed by atoms with E-state index in [4.69, 9.17) is 5.11 Å². The third-order valence-electron chi connectivity index (χ3n) is 2.46. The standard InChI is InChI=1S/C11H16N2O3/c1-3-6-13(2)11(16)12-9-5-4-8(7-9)10(14)15/h3-5,8-9H,1,6-7H2,2H3,(H,12,16)(H,14,15). The highest BCUT2D eigenvalue weighted by atomic mass is 16.4. The maximum atomic E-state index is 11.6. The number of carboxylic acid groups (broad SMARTS) is 1. The molecule has 0 saturated carbocycles. The van der Waals surface area contributed by atoms with E-state index < -0.39 is 11.9 Å². The summed E-state index contributed by atoms with van der Waals surface area (Å²) in [6, 6.07) is -0.415. The number of rotatable bonds is 4. The molecule has 5 nitrogen and oxygen atoms in total. The Morgan fingerprint density at radius 2 is 2.31 bits per heavy atom. The average molecular weight is 224 g/mol. The van der Waals surface area contributed by atoms with E-state index >= 15 is 0 Å². The summed E-state index contributed by atoms with van der Waals surface area (Å²) in [5.74, 6) is -1.34. The molecule has 1 rings (SSSR count). The molecular weight excluding hydrogens is 208 g/mol. The highest BCUT2D eigenvalue weighted by Crippen LogP contribution is 2.17. The van der Waals surface area contributed by atoms with Crippen LogP contribution < -0.4 is 5.32 Å². The van der Waals surface area contributed by atoms with Gasteiger partial charge in [0.1, 0.15) is 0 Å². The van der Waals surface area contributed by atoms with Gasteiger partial charge in [0, 0.05) is 13.6 Å². The van der Waals surface area contributed by atoms with Gasteiger partial charge in [0.2, 0.25) is 0 Å². The molecule has 5 heteroatoms. The molecule has 2 amide bonds. The number of carbonyl (C=O) groups excluding carboxylic acids is 1. The topological polar surface area (TPSA) is 69.6 Å². The quantitative estimate of drug-likeness (QED) is 0.695. The van der Waals surface area contributed by atoms with Crippen LogP contribution in [0, 0.1) is 5.92 Å². The number of carboxylic acids is 1. The molecule has 0 aromatic carbocycles. The first-order valence-electron chi connectivity index (χ1n) is 5.08. The van der Waals surface area contributed by atoms with Gasteiger partial charge in [-0.1, -0.05) is 18.2 Å². The van der Waals surface area contributed by atoms with E-state index in [-0.39, 0.29) is 12.1 Å². The van der Waals surface area contributed by atoms with Gasteiger partial charge in [-0.05, 0) is 6.42 Å². The number of amides is 2. The lowest BCUT2D eigenvalue weighted by Gasteiger charge is -2.19. The molecule has 0 aromatic heterocycles. The van der Waals surface area contributed by atoms with Gasteiger partial charge in [0.15, 0.2) is 0 Å². The maximum absolute atomic E-state index is 11.6. The summed E-state index contributed by atoms with van der Waals surface area (Å²) in [4.78, 5) is 23.7. The zero-order chi connectivity index (χ0) is 12.1. The van der Waals surface area contributed by atoms with Gasteiger partial charge in [-0.25, -0.2) is 4.79 Å². The summed E-state index contributed by atoms with van der Waals surface area (Å²) < 4.78 is 0. The predicted molar refractivity (Wildman–Crippen MR) is 60.0 cm³/mol. The second-order valence-electron chi connectivity index (χ2n) is 3.79. The molecule has 1 aliphatic rings. The number of aliphatic carboxylic acids is 1. The van der Waals surface area contributed by atoms with Crippen LogP contribution in [0.15, 0.2) is 24.8 Å². The summed E-state index contributed by atoms with van der Waals surface area (Å²) in [5, 5.41) is 11.5. The van der Waals surface area contributed by atoms with Gasteiger partial charge in [-0.2, -0.15) is 0 Å². The highest BCUT2D eigenvalue weighted by molar-refractivity contribution is 5.76. The van der Waals surface area contributed by atoms with E-state index in [1.165, 1.54) is 4.90 Å². The van der Waals surface area contributed by atoms with Crippen molar-refractivity contribution in [1.82, 2.24) is 10.2 Å². The zero-order valence-corrected chi connectivity index (χ0v) is 9.22. The fraction of sp³-hybridized carbons (Fsp3) is 0.455. The number of hydrogen-bond acceptors (Lipinski definition) is 2. The van der Waals surface area contributed by atoms with Crippen LogP contribution >= 0.6 is 0 Å². The van der Waals surface area contributed by atoms with Crippen LogP contribution in [0.2, 0.25) is 0 Å². The minimum atomic E-state index is -0.854. The smallest absolute Gasteiger partial charge is 0.317 e. The number of likely N-dealkylation sites (N-methyl/N-ethyl adjacent to an activating group) is 1. The van der Waals surface area contributed by atoms with Crippen molar-refractivity contribution in [2.24, 2.45) is 5.92 Å². The Balaban J connectivity index is 2.40. The summed E-state index contributed by atoms with van der Waals surface area (Å²) >= 11 is 0. The molecule has 2 unspecified atom stereocenters. The molecule has 1 aliphatic carbocycles. The van der Waals surface area contributed by atoms with Gasteiger partial charge in [-0.3, -0.25) is 4.79 Å². The first kappa shape index (κ1) is 12.3. The van der Waals surface area contributed by atoms with Crippen LogP contribution in [0.3, 0.4) is 0 Å². The first-order chi connectivity index (χ1) is 7.54. The number of urea groups is 1. The molecule has 16 heavy (non-hydrogen) atoms. The van der Waals surface area contributed by atoms with E-state index in [1.54, 1.807) is 25.3 Å². The van der Waals surface area contributed by atoms with Crippen molar-refractivity contribution >= 4 is 12.0 Å². The lowest BCUT2D eigenvalue weighted by molar-refractivity contribution is -0.140. The molecule has 2 N–H and O–H groups in total. The van der Waals surface area contributed by atoms with Crippen molar-refractivity contribution in [3.8, 4) is 0 Å². The van der Waals surface area contributed by atoms with E-state index in [2.05, 4.69) is 11.9 Å². The number of hydrogen-bond donors (Lipinski definition) is 2. The first-order valence-corrected chi connectivity index (χ1v) is 5.08. The maximum Gasteiger partial charge on any atom is 0.317 e. The Hall–Kier alpha value is -1.78. The van der Waals surface area contributed by atoms with Crippen LogP contribution in [0.5, 0.6) is 0 Å². The second kappa shape index (κ2) is 5.34. The van der Waals surface area contributed by atoms with Crippen molar-refractivity contribution in [2.75, 3.05) is 13.6 Å². The van der Waals surface area contributed by atoms with E-state index in [1.807, 2.05) is 0 Å². The van der Waals surface area contributed by atoms with Crippen LogP contribution in [0.4, 0.5) is 4.79 Å². The van der Waals surface area contributed by atoms with Crippen LogP contribution in [0.1, 0.15) is 6.42 Å². The summed E-state index contributed by atoms with van der Waals surface area (Å²) in [6.07, 6.45) is 5.38. The SMILES string of the molecule is C=CCN(C)C(=O)NC1C=CC(C(=O)O)C1. The van der Waals surface area contributed by atoms with Gasteiger partial charge < -0.3 is 15.3 Å². The molecular formula is C11H16N2O3. The number of nitrogens with one attached hydrogen (secondary N) is 1. The van der Waals surface area contributed by atoms with E-state index in [0.29, 0.717) is 13.0 Å². The monoisotopic (exact) mass is 224 g/mol. The molecule has 0 heterocycles. The Kier molecular flexibility index (Phi) is 4.10. The van der Waals surface area contributed by atoms with Gasteiger partial charge in [0.25, 0.3) is 0 Å². The second-order valence-corrected chi connectivity index (χ2v) is 3.79. The summed E-state index contributed by atoms with van der Waals surface area (Å²) in [5.41, 5.74) is 0. The lowest BCUT2D eigenvalue weighted by Crippen LogP contribution is -2.42. The van der Waals surface area contributed by atoms with Crippen LogP contribution in [-0.2, 0) is 4.79 Å². The van der Waals surface area contributed by atoms with Crippen molar-refractivity contribution in [2.45, 2.75) is 12.5 Å². The van der Waals surface area contributed by atoms with E-state index in [9.17, 15) is 9.59 Å². The lowest BCUT2D eigenvalue weighted by atomic mass is 10.1. The Bertz CT molecular complexity index is 325. The fourth-order valence-electron chi connectivity index (χ4n) is 1.53. The van der Waals surface area contributed by atoms with Crippen LogP contribution in [0.25, 0.3) is 0 Å². The average Bonchev–Trinajstić information content (AvgIpc) is 2.66. The third kappa shape index (κ3) is 3.12. The highest BCUT2D eigenvalue weighted by Gasteiger charge is 2.25. The van der Waals surface area contributed by atoms with Crippen molar-refractivity contribution in [3.63, 3.8) is 0 Å². The minimum absolute atomic E-state index is 0.194. The molecule has 0 aliphatic heterocycles. The molecule has 0 fully saturated rings. The van der Waals surface area contributed by atoms with E-state index in [0.717, 1.165) is 0 Å². The molecule has 0 radical (unpaired) electrons. The van der Waals surface area contributed by atoms with Gasteiger partial charge in [0.05, 0.1) is 12.0 Å². The third-order valence-corrected chi connectivity index (χ3v) is 2.46. The molecule has 0 saturated heterocycles.